The van der Waals surface area contributed by atoms with Crippen molar-refractivity contribution >= 4 is 5.91 Å². The largest absolute Gasteiger partial charge is 0.445 e. The van der Waals surface area contributed by atoms with Crippen molar-refractivity contribution in [1.29, 1.82) is 0 Å². The molecular formula is C19H21N5O3. The van der Waals surface area contributed by atoms with Crippen LogP contribution in [0.15, 0.2) is 41.1 Å². The van der Waals surface area contributed by atoms with Crippen molar-refractivity contribution in [2.24, 2.45) is 0 Å². The van der Waals surface area contributed by atoms with Crippen LogP contribution in [0.25, 0.3) is 0 Å². The minimum Gasteiger partial charge on any atom is -0.445 e. The molecule has 0 N–H and O–H groups in total. The molecule has 1 amide bonds. The van der Waals surface area contributed by atoms with E-state index in [4.69, 9.17) is 9.15 Å². The Hall–Kier alpha value is -3.00. The number of benzene rings is 1. The van der Waals surface area contributed by atoms with Crippen molar-refractivity contribution in [2.45, 2.75) is 26.4 Å². The average molecular weight is 367 g/mol. The van der Waals surface area contributed by atoms with E-state index < -0.39 is 0 Å². The number of hydrogen-bond acceptors (Lipinski definition) is 6. The minimum absolute atomic E-state index is 0.174. The lowest BCUT2D eigenvalue weighted by molar-refractivity contribution is -0.00671. The van der Waals surface area contributed by atoms with E-state index in [9.17, 15) is 4.79 Å². The quantitative estimate of drug-likeness (QED) is 0.702. The number of nitrogens with zero attached hydrogens (tertiary/aromatic N) is 5. The number of ether oxygens (including phenoxy) is 1. The van der Waals surface area contributed by atoms with Gasteiger partial charge in [-0.25, -0.2) is 14.6 Å². The van der Waals surface area contributed by atoms with Crippen LogP contribution < -0.4 is 0 Å². The SMILES string of the molecule is Cc1nc(C(=O)N2CCOCC2c2ncnn2Cc2ccccc2)c(C)o1. The van der Waals surface area contributed by atoms with Crippen LogP contribution in [0, 0.1) is 13.8 Å². The van der Waals surface area contributed by atoms with Crippen LogP contribution >= 0.6 is 0 Å². The molecule has 1 aliphatic rings. The van der Waals surface area contributed by atoms with Crippen LogP contribution in [0.3, 0.4) is 0 Å². The third-order valence-electron chi connectivity index (χ3n) is 4.61. The normalized spacial score (nSPS) is 17.3. The fraction of sp³-hybridized carbons (Fsp3) is 0.368. The summed E-state index contributed by atoms with van der Waals surface area (Å²) in [7, 11) is 0. The van der Waals surface area contributed by atoms with Gasteiger partial charge in [0.1, 0.15) is 18.1 Å². The number of rotatable bonds is 4. The van der Waals surface area contributed by atoms with E-state index in [-0.39, 0.29) is 11.9 Å². The minimum atomic E-state index is -0.325. The molecule has 0 bridgehead atoms. The van der Waals surface area contributed by atoms with E-state index in [0.717, 1.165) is 5.56 Å². The molecule has 0 aliphatic carbocycles. The Kier molecular flexibility index (Phi) is 4.72. The molecule has 1 atom stereocenters. The number of oxazole rings is 1. The molecule has 3 aromatic rings. The fourth-order valence-corrected chi connectivity index (χ4v) is 3.33. The van der Waals surface area contributed by atoms with Gasteiger partial charge in [0.05, 0.1) is 19.8 Å². The highest BCUT2D eigenvalue weighted by atomic mass is 16.5. The maximum absolute atomic E-state index is 13.1. The second-order valence-electron chi connectivity index (χ2n) is 6.49. The number of morpholine rings is 1. The predicted octanol–water partition coefficient (Wildman–Crippen LogP) is 2.14. The van der Waals surface area contributed by atoms with Gasteiger partial charge in [-0.1, -0.05) is 30.3 Å². The number of carbonyl (C=O) groups is 1. The van der Waals surface area contributed by atoms with Gasteiger partial charge in [0.2, 0.25) is 0 Å². The van der Waals surface area contributed by atoms with Crippen LogP contribution in [0.5, 0.6) is 0 Å². The fourth-order valence-electron chi connectivity index (χ4n) is 3.33. The third kappa shape index (κ3) is 3.48. The Morgan fingerprint density at radius 1 is 1.26 bits per heavy atom. The highest BCUT2D eigenvalue weighted by Gasteiger charge is 2.34. The molecule has 1 unspecified atom stereocenters. The maximum Gasteiger partial charge on any atom is 0.276 e. The van der Waals surface area contributed by atoms with Crippen molar-refractivity contribution in [3.05, 3.63) is 65.4 Å². The Morgan fingerprint density at radius 2 is 2.07 bits per heavy atom. The standard InChI is InChI=1S/C19H21N5O3/c1-13-17(22-14(2)27-13)19(25)23-8-9-26-11-16(23)18-20-12-21-24(18)10-15-6-4-3-5-7-15/h3-7,12,16H,8-11H2,1-2H3. The van der Waals surface area contributed by atoms with E-state index in [1.54, 1.807) is 18.7 Å². The number of aromatic nitrogens is 4. The lowest BCUT2D eigenvalue weighted by atomic mass is 10.1. The van der Waals surface area contributed by atoms with Crippen molar-refractivity contribution in [1.82, 2.24) is 24.6 Å². The van der Waals surface area contributed by atoms with Crippen molar-refractivity contribution in [3.8, 4) is 0 Å². The number of carbonyl (C=O) groups excluding carboxylic acids is 1. The second kappa shape index (κ2) is 7.32. The summed E-state index contributed by atoms with van der Waals surface area (Å²) in [4.78, 5) is 23.5. The van der Waals surface area contributed by atoms with E-state index in [0.29, 0.717) is 49.5 Å². The number of hydrogen-bond donors (Lipinski definition) is 0. The van der Waals surface area contributed by atoms with Crippen LogP contribution in [0.2, 0.25) is 0 Å². The van der Waals surface area contributed by atoms with Crippen molar-refractivity contribution in [2.75, 3.05) is 19.8 Å². The maximum atomic E-state index is 13.1. The summed E-state index contributed by atoms with van der Waals surface area (Å²) in [5.41, 5.74) is 1.45. The number of amides is 1. The lowest BCUT2D eigenvalue weighted by Crippen LogP contribution is -2.44. The zero-order chi connectivity index (χ0) is 18.8. The first-order chi connectivity index (χ1) is 13.1. The average Bonchev–Trinajstić information content (AvgIpc) is 3.27. The molecule has 1 aromatic carbocycles. The molecule has 8 heteroatoms. The Morgan fingerprint density at radius 3 is 2.81 bits per heavy atom. The van der Waals surface area contributed by atoms with E-state index >= 15 is 0 Å². The molecule has 27 heavy (non-hydrogen) atoms. The highest BCUT2D eigenvalue weighted by Crippen LogP contribution is 2.26. The van der Waals surface area contributed by atoms with Gasteiger partial charge in [0.15, 0.2) is 17.4 Å². The molecule has 2 aromatic heterocycles. The molecule has 140 valence electrons. The van der Waals surface area contributed by atoms with Gasteiger partial charge in [-0.15, -0.1) is 0 Å². The first kappa shape index (κ1) is 17.4. The molecule has 0 saturated carbocycles. The molecule has 1 fully saturated rings. The molecule has 1 saturated heterocycles. The molecule has 8 nitrogen and oxygen atoms in total. The summed E-state index contributed by atoms with van der Waals surface area (Å²) in [5.74, 6) is 1.53. The molecule has 4 rings (SSSR count). The highest BCUT2D eigenvalue weighted by molar-refractivity contribution is 5.93. The van der Waals surface area contributed by atoms with Crippen molar-refractivity contribution in [3.63, 3.8) is 0 Å². The molecular weight excluding hydrogens is 346 g/mol. The van der Waals surface area contributed by atoms with E-state index in [2.05, 4.69) is 15.1 Å². The summed E-state index contributed by atoms with van der Waals surface area (Å²) < 4.78 is 12.9. The second-order valence-corrected chi connectivity index (χ2v) is 6.49. The van der Waals surface area contributed by atoms with Gasteiger partial charge >= 0.3 is 0 Å². The first-order valence-corrected chi connectivity index (χ1v) is 8.88. The summed E-state index contributed by atoms with van der Waals surface area (Å²) in [6.45, 7) is 5.38. The Balaban J connectivity index is 1.63. The summed E-state index contributed by atoms with van der Waals surface area (Å²) in [6, 6.07) is 9.69. The number of aryl methyl sites for hydroxylation is 2. The van der Waals surface area contributed by atoms with Crippen molar-refractivity contribution < 1.29 is 13.9 Å². The summed E-state index contributed by atoms with van der Waals surface area (Å²) >= 11 is 0. The molecule has 0 radical (unpaired) electrons. The molecule has 3 heterocycles. The monoisotopic (exact) mass is 367 g/mol. The van der Waals surface area contributed by atoms with Crippen LogP contribution in [0.4, 0.5) is 0 Å². The van der Waals surface area contributed by atoms with Gasteiger partial charge in [-0.05, 0) is 12.5 Å². The van der Waals surface area contributed by atoms with Crippen LogP contribution in [-0.4, -0.2) is 50.3 Å². The Labute approximate surface area is 156 Å². The first-order valence-electron chi connectivity index (χ1n) is 8.88. The predicted molar refractivity (Wildman–Crippen MR) is 96.1 cm³/mol. The van der Waals surface area contributed by atoms with E-state index in [1.807, 2.05) is 35.0 Å². The van der Waals surface area contributed by atoms with Crippen LogP contribution in [0.1, 0.15) is 39.6 Å². The zero-order valence-corrected chi connectivity index (χ0v) is 15.3. The smallest absolute Gasteiger partial charge is 0.276 e. The zero-order valence-electron chi connectivity index (χ0n) is 15.3. The van der Waals surface area contributed by atoms with E-state index in [1.165, 1.54) is 6.33 Å². The molecule has 1 aliphatic heterocycles. The van der Waals surface area contributed by atoms with Crippen LogP contribution in [-0.2, 0) is 11.3 Å². The lowest BCUT2D eigenvalue weighted by Gasteiger charge is -2.34. The summed E-state index contributed by atoms with van der Waals surface area (Å²) in [6.07, 6.45) is 1.51. The molecule has 0 spiro atoms. The van der Waals surface area contributed by atoms with Gasteiger partial charge in [0, 0.05) is 13.5 Å². The Bertz CT molecular complexity index is 934. The third-order valence-corrected chi connectivity index (χ3v) is 4.61. The van der Waals surface area contributed by atoms with Gasteiger partial charge in [-0.2, -0.15) is 5.10 Å². The topological polar surface area (TPSA) is 86.3 Å². The van der Waals surface area contributed by atoms with Gasteiger partial charge in [-0.3, -0.25) is 4.79 Å². The van der Waals surface area contributed by atoms with Gasteiger partial charge in [0.25, 0.3) is 5.91 Å². The van der Waals surface area contributed by atoms with Gasteiger partial charge < -0.3 is 14.1 Å². The summed E-state index contributed by atoms with van der Waals surface area (Å²) in [5, 5.41) is 4.35.